The minimum atomic E-state index is -0.998. The molecule has 0 saturated carbocycles. The molecule has 2 saturated heterocycles. The summed E-state index contributed by atoms with van der Waals surface area (Å²) in [5.41, 5.74) is 0.455. The van der Waals surface area contributed by atoms with Crippen LogP contribution in [0, 0.1) is 5.92 Å². The van der Waals surface area contributed by atoms with E-state index in [1.165, 1.54) is 16.0 Å². The average Bonchev–Trinajstić information content (AvgIpc) is 2.63. The number of nitrogens with zero attached hydrogens (tertiary/aromatic N) is 2. The number of amides is 2. The molecule has 26 heavy (non-hydrogen) atoms. The number of aliphatic imine (C=N–C) groups is 1. The summed E-state index contributed by atoms with van der Waals surface area (Å²) < 4.78 is 0. The highest BCUT2D eigenvalue weighted by atomic mass is 35.5. The Morgan fingerprint density at radius 3 is 2.81 bits per heavy atom. The van der Waals surface area contributed by atoms with E-state index in [-0.39, 0.29) is 5.11 Å². The zero-order valence-corrected chi connectivity index (χ0v) is 15.9. The Bertz CT molecular complexity index is 736. The summed E-state index contributed by atoms with van der Waals surface area (Å²) in [6.07, 6.45) is 1.43. The number of nitrogens with two attached hydrogens (primary N) is 1. The molecule has 1 aromatic rings. The summed E-state index contributed by atoms with van der Waals surface area (Å²) in [7, 11) is 0. The third kappa shape index (κ3) is 4.27. The highest BCUT2D eigenvalue weighted by Crippen LogP contribution is 2.28. The van der Waals surface area contributed by atoms with Crippen molar-refractivity contribution >= 4 is 52.6 Å². The minimum absolute atomic E-state index is 0.0340. The Labute approximate surface area is 162 Å². The van der Waals surface area contributed by atoms with Gasteiger partial charge in [0.15, 0.2) is 11.0 Å². The average molecular weight is 396 g/mol. The molecule has 2 aliphatic heterocycles. The molecule has 1 atom stereocenters. The Morgan fingerprint density at radius 1 is 1.35 bits per heavy atom. The molecule has 4 N–H and O–H groups in total. The molecule has 0 aromatic heterocycles. The van der Waals surface area contributed by atoms with Crippen LogP contribution in [0.15, 0.2) is 29.3 Å². The van der Waals surface area contributed by atoms with Crippen molar-refractivity contribution in [2.24, 2.45) is 10.9 Å². The number of benzene rings is 1. The van der Waals surface area contributed by atoms with Crippen molar-refractivity contribution < 1.29 is 19.8 Å². The third-order valence-corrected chi connectivity index (χ3v) is 5.15. The topological polar surface area (TPSA) is 82.8 Å². The van der Waals surface area contributed by atoms with Crippen LogP contribution in [0.5, 0.6) is 0 Å². The van der Waals surface area contributed by atoms with Gasteiger partial charge in [0, 0.05) is 6.21 Å². The summed E-state index contributed by atoms with van der Waals surface area (Å²) in [6, 6.07) is 6.89. The lowest BCUT2D eigenvalue weighted by atomic mass is 10.1. The number of piperazine rings is 1. The quantitative estimate of drug-likeness (QED) is 0.314. The Kier molecular flexibility index (Phi) is 6.31. The van der Waals surface area contributed by atoms with Gasteiger partial charge in [-0.05, 0) is 24.4 Å². The van der Waals surface area contributed by atoms with Crippen LogP contribution in [0.2, 0.25) is 5.02 Å². The minimum Gasteiger partial charge on any atom is -0.337 e. The Balaban J connectivity index is 1.67. The maximum Gasteiger partial charge on any atom is 0.251 e. The normalized spacial score (nSPS) is 22.1. The van der Waals surface area contributed by atoms with Gasteiger partial charge >= 0.3 is 0 Å². The Morgan fingerprint density at radius 2 is 2.08 bits per heavy atom. The molecule has 1 aromatic carbocycles. The SMILES string of the molecule is O=C1NC(=S)N(c2ccccc2Cl)C(=O)[C@@H]1C=NCC[NH+]1CC[NH2+]CC1. The molecule has 7 nitrogen and oxygen atoms in total. The summed E-state index contributed by atoms with van der Waals surface area (Å²) >= 11 is 11.3. The number of hydrogen-bond acceptors (Lipinski definition) is 4. The number of halogens is 1. The Hall–Kier alpha value is -1.87. The van der Waals surface area contributed by atoms with Gasteiger partial charge in [-0.3, -0.25) is 19.5 Å². The lowest BCUT2D eigenvalue weighted by Crippen LogP contribution is -3.20. The van der Waals surface area contributed by atoms with Gasteiger partial charge in [-0.25, -0.2) is 0 Å². The van der Waals surface area contributed by atoms with Crippen molar-refractivity contribution in [1.29, 1.82) is 0 Å². The van der Waals surface area contributed by atoms with Crippen molar-refractivity contribution in [3.8, 4) is 0 Å². The second-order valence-corrected chi connectivity index (χ2v) is 7.11. The fourth-order valence-electron chi connectivity index (χ4n) is 3.12. The van der Waals surface area contributed by atoms with Gasteiger partial charge in [0.2, 0.25) is 5.91 Å². The second-order valence-electron chi connectivity index (χ2n) is 6.32. The number of carbonyl (C=O) groups is 2. The summed E-state index contributed by atoms with van der Waals surface area (Å²) in [5.74, 6) is -1.88. The number of carbonyl (C=O) groups excluding carboxylic acids is 2. The van der Waals surface area contributed by atoms with E-state index in [4.69, 9.17) is 23.8 Å². The molecule has 138 valence electrons. The fraction of sp³-hybridized carbons (Fsp3) is 0.412. The van der Waals surface area contributed by atoms with Crippen LogP contribution in [-0.2, 0) is 9.59 Å². The van der Waals surface area contributed by atoms with Gasteiger partial charge in [-0.15, -0.1) is 0 Å². The predicted octanol–water partition coefficient (Wildman–Crippen LogP) is -1.76. The molecular formula is C17H22ClN5O2S+2. The number of hydrogen-bond donors (Lipinski definition) is 3. The van der Waals surface area contributed by atoms with E-state index >= 15 is 0 Å². The molecule has 9 heteroatoms. The first-order chi connectivity index (χ1) is 12.6. The zero-order chi connectivity index (χ0) is 18.5. The highest BCUT2D eigenvalue weighted by molar-refractivity contribution is 7.80. The van der Waals surface area contributed by atoms with E-state index in [2.05, 4.69) is 15.6 Å². The number of para-hydroxylation sites is 1. The maximum atomic E-state index is 12.8. The first kappa shape index (κ1) is 18.9. The molecular weight excluding hydrogens is 374 g/mol. The first-order valence-electron chi connectivity index (χ1n) is 8.66. The third-order valence-electron chi connectivity index (χ3n) is 4.55. The highest BCUT2D eigenvalue weighted by Gasteiger charge is 2.39. The van der Waals surface area contributed by atoms with E-state index in [1.54, 1.807) is 24.3 Å². The van der Waals surface area contributed by atoms with E-state index in [1.807, 2.05) is 0 Å². The van der Waals surface area contributed by atoms with Crippen molar-refractivity contribution in [3.05, 3.63) is 29.3 Å². The van der Waals surface area contributed by atoms with Crippen LogP contribution in [0.4, 0.5) is 5.69 Å². The monoisotopic (exact) mass is 395 g/mol. The molecule has 0 spiro atoms. The lowest BCUT2D eigenvalue weighted by Gasteiger charge is -2.31. The number of quaternary nitrogens is 2. The largest absolute Gasteiger partial charge is 0.337 e. The van der Waals surface area contributed by atoms with Crippen LogP contribution in [0.3, 0.4) is 0 Å². The molecule has 0 unspecified atom stereocenters. The summed E-state index contributed by atoms with van der Waals surface area (Å²) in [6.45, 7) is 5.99. The van der Waals surface area contributed by atoms with E-state index < -0.39 is 17.7 Å². The van der Waals surface area contributed by atoms with Crippen LogP contribution in [0.25, 0.3) is 0 Å². The number of rotatable bonds is 5. The van der Waals surface area contributed by atoms with Gasteiger partial charge in [0.1, 0.15) is 26.2 Å². The van der Waals surface area contributed by atoms with Gasteiger partial charge in [0.05, 0.1) is 23.8 Å². The molecule has 2 heterocycles. The van der Waals surface area contributed by atoms with Crippen molar-refractivity contribution in [2.45, 2.75) is 0 Å². The molecule has 0 radical (unpaired) electrons. The van der Waals surface area contributed by atoms with Gasteiger partial charge in [-0.1, -0.05) is 23.7 Å². The maximum absolute atomic E-state index is 12.8. The van der Waals surface area contributed by atoms with Crippen molar-refractivity contribution in [2.75, 3.05) is 44.2 Å². The van der Waals surface area contributed by atoms with Gasteiger partial charge < -0.3 is 15.5 Å². The second kappa shape index (κ2) is 8.68. The zero-order valence-electron chi connectivity index (χ0n) is 14.3. The predicted molar refractivity (Wildman–Crippen MR) is 104 cm³/mol. The standard InChI is InChI=1S/C17H20ClN5O2S/c18-13-3-1-2-4-14(13)23-16(25)12(15(24)21-17(23)26)11-20-7-10-22-8-5-19-6-9-22/h1-4,11-12,19H,5-10H2,(H,21,24,26)/p+2/t12-/m1/s1. The molecule has 0 bridgehead atoms. The van der Waals surface area contributed by atoms with Crippen LogP contribution in [-0.4, -0.2) is 62.4 Å². The van der Waals surface area contributed by atoms with Crippen LogP contribution < -0.4 is 20.4 Å². The molecule has 2 amide bonds. The lowest BCUT2D eigenvalue weighted by molar-refractivity contribution is -0.945. The summed E-state index contributed by atoms with van der Waals surface area (Å²) in [4.78, 5) is 32.1. The molecule has 0 aliphatic carbocycles. The van der Waals surface area contributed by atoms with Crippen LogP contribution in [0.1, 0.15) is 0 Å². The van der Waals surface area contributed by atoms with E-state index in [0.717, 1.165) is 32.7 Å². The van der Waals surface area contributed by atoms with Crippen LogP contribution >= 0.6 is 23.8 Å². The van der Waals surface area contributed by atoms with Gasteiger partial charge in [-0.2, -0.15) is 0 Å². The van der Waals surface area contributed by atoms with Crippen molar-refractivity contribution in [3.63, 3.8) is 0 Å². The number of anilines is 1. The molecule has 2 fully saturated rings. The molecule has 3 rings (SSSR count). The number of nitrogens with one attached hydrogen (secondary N) is 2. The first-order valence-corrected chi connectivity index (χ1v) is 9.45. The smallest absolute Gasteiger partial charge is 0.251 e. The fourth-order valence-corrected chi connectivity index (χ4v) is 3.63. The van der Waals surface area contributed by atoms with Crippen molar-refractivity contribution in [1.82, 2.24) is 5.32 Å². The van der Waals surface area contributed by atoms with E-state index in [0.29, 0.717) is 17.3 Å². The van der Waals surface area contributed by atoms with E-state index in [9.17, 15) is 9.59 Å². The summed E-state index contributed by atoms with van der Waals surface area (Å²) in [5, 5.41) is 5.30. The molecule has 2 aliphatic rings. The van der Waals surface area contributed by atoms with Gasteiger partial charge in [0.25, 0.3) is 5.91 Å². The number of thiocarbonyl (C=S) groups is 1.